The number of anilines is 1. The van der Waals surface area contributed by atoms with Gasteiger partial charge in [-0.3, -0.25) is 19.0 Å². The van der Waals surface area contributed by atoms with Crippen molar-refractivity contribution in [1.29, 1.82) is 0 Å². The summed E-state index contributed by atoms with van der Waals surface area (Å²) in [6.07, 6.45) is 5.07. The SMILES string of the molecule is CCCNC(=O)c1nn(CC)cc1NC(=O)[C@H]1CCCN(S(=O)(=O)c2cn(CC)nc2C)C1. The molecule has 3 rings (SSSR count). The largest absolute Gasteiger partial charge is 0.351 e. The van der Waals surface area contributed by atoms with Crippen molar-refractivity contribution in [1.82, 2.24) is 29.2 Å². The van der Waals surface area contributed by atoms with Gasteiger partial charge in [-0.25, -0.2) is 8.42 Å². The van der Waals surface area contributed by atoms with Crippen LogP contribution in [0.25, 0.3) is 0 Å². The summed E-state index contributed by atoms with van der Waals surface area (Å²) in [5, 5.41) is 14.1. The second-order valence-electron chi connectivity index (χ2n) is 8.13. The van der Waals surface area contributed by atoms with Crippen LogP contribution in [0.3, 0.4) is 0 Å². The van der Waals surface area contributed by atoms with E-state index in [9.17, 15) is 18.0 Å². The molecular formula is C21H33N7O4S. The first-order valence-corrected chi connectivity index (χ1v) is 12.9. The third kappa shape index (κ3) is 5.44. The van der Waals surface area contributed by atoms with Crippen LogP contribution in [0.2, 0.25) is 0 Å². The van der Waals surface area contributed by atoms with Gasteiger partial charge < -0.3 is 10.6 Å². The Balaban J connectivity index is 1.76. The van der Waals surface area contributed by atoms with E-state index in [2.05, 4.69) is 20.8 Å². The summed E-state index contributed by atoms with van der Waals surface area (Å²) < 4.78 is 31.0. The van der Waals surface area contributed by atoms with Gasteiger partial charge in [0.2, 0.25) is 15.9 Å². The molecule has 2 N–H and O–H groups in total. The number of sulfonamides is 1. The highest BCUT2D eigenvalue weighted by molar-refractivity contribution is 7.89. The van der Waals surface area contributed by atoms with Crippen molar-refractivity contribution in [2.45, 2.75) is 64.9 Å². The van der Waals surface area contributed by atoms with Crippen LogP contribution in [-0.4, -0.2) is 63.7 Å². The average molecular weight is 480 g/mol. The number of aryl methyl sites for hydroxylation is 3. The van der Waals surface area contributed by atoms with E-state index in [1.807, 2.05) is 20.8 Å². The Bertz CT molecular complexity index is 1110. The molecule has 182 valence electrons. The molecule has 3 heterocycles. The summed E-state index contributed by atoms with van der Waals surface area (Å²) in [4.78, 5) is 25.7. The summed E-state index contributed by atoms with van der Waals surface area (Å²) in [6, 6.07) is 0. The maximum absolute atomic E-state index is 13.2. The fourth-order valence-corrected chi connectivity index (χ4v) is 5.52. The summed E-state index contributed by atoms with van der Waals surface area (Å²) in [7, 11) is -3.76. The van der Waals surface area contributed by atoms with Crippen LogP contribution in [0.4, 0.5) is 5.69 Å². The van der Waals surface area contributed by atoms with Gasteiger partial charge in [-0.15, -0.1) is 0 Å². The molecule has 11 nitrogen and oxygen atoms in total. The van der Waals surface area contributed by atoms with Crippen molar-refractivity contribution in [2.24, 2.45) is 5.92 Å². The van der Waals surface area contributed by atoms with Gasteiger partial charge in [0.25, 0.3) is 5.91 Å². The Morgan fingerprint density at radius 1 is 1.12 bits per heavy atom. The van der Waals surface area contributed by atoms with Gasteiger partial charge in [-0.05, 0) is 40.0 Å². The van der Waals surface area contributed by atoms with Crippen molar-refractivity contribution >= 4 is 27.5 Å². The van der Waals surface area contributed by atoms with Crippen molar-refractivity contribution in [2.75, 3.05) is 25.0 Å². The number of carbonyl (C=O) groups excluding carboxylic acids is 2. The van der Waals surface area contributed by atoms with Crippen molar-refractivity contribution in [3.63, 3.8) is 0 Å². The molecule has 0 saturated carbocycles. The molecule has 0 bridgehead atoms. The number of carbonyl (C=O) groups is 2. The molecule has 2 aromatic rings. The van der Waals surface area contributed by atoms with E-state index in [1.54, 1.807) is 22.5 Å². The van der Waals surface area contributed by atoms with E-state index >= 15 is 0 Å². The second kappa shape index (κ2) is 10.5. The van der Waals surface area contributed by atoms with E-state index in [4.69, 9.17) is 0 Å². The van der Waals surface area contributed by atoms with Gasteiger partial charge in [0.05, 0.1) is 17.3 Å². The number of nitrogens with zero attached hydrogens (tertiary/aromatic N) is 5. The van der Waals surface area contributed by atoms with E-state index in [-0.39, 0.29) is 28.9 Å². The zero-order chi connectivity index (χ0) is 24.2. The first kappa shape index (κ1) is 24.9. The molecule has 1 aliphatic heterocycles. The highest BCUT2D eigenvalue weighted by atomic mass is 32.2. The Labute approximate surface area is 194 Å². The summed E-state index contributed by atoms with van der Waals surface area (Å²) >= 11 is 0. The van der Waals surface area contributed by atoms with Gasteiger partial charge in [-0.2, -0.15) is 14.5 Å². The van der Waals surface area contributed by atoms with Gasteiger partial charge in [0.1, 0.15) is 4.90 Å². The lowest BCUT2D eigenvalue weighted by Gasteiger charge is -2.31. The van der Waals surface area contributed by atoms with E-state index < -0.39 is 15.9 Å². The molecule has 0 aliphatic carbocycles. The zero-order valence-corrected chi connectivity index (χ0v) is 20.5. The lowest BCUT2D eigenvalue weighted by atomic mass is 9.99. The van der Waals surface area contributed by atoms with Crippen LogP contribution in [0.5, 0.6) is 0 Å². The smallest absolute Gasteiger partial charge is 0.273 e. The average Bonchev–Trinajstić information content (AvgIpc) is 3.40. The van der Waals surface area contributed by atoms with Gasteiger partial charge in [-0.1, -0.05) is 6.92 Å². The minimum Gasteiger partial charge on any atom is -0.351 e. The molecule has 2 amide bonds. The van der Waals surface area contributed by atoms with Crippen LogP contribution in [0.1, 0.15) is 56.2 Å². The minimum absolute atomic E-state index is 0.0736. The van der Waals surface area contributed by atoms with Crippen LogP contribution in [-0.2, 0) is 27.9 Å². The zero-order valence-electron chi connectivity index (χ0n) is 19.7. The van der Waals surface area contributed by atoms with E-state index in [1.165, 1.54) is 10.5 Å². The van der Waals surface area contributed by atoms with Gasteiger partial charge in [0.15, 0.2) is 5.69 Å². The first-order chi connectivity index (χ1) is 15.7. The number of hydrogen-bond acceptors (Lipinski definition) is 6. The number of amides is 2. The van der Waals surface area contributed by atoms with E-state index in [0.29, 0.717) is 50.4 Å². The molecule has 0 aromatic carbocycles. The Morgan fingerprint density at radius 3 is 2.45 bits per heavy atom. The predicted octanol–water partition coefficient (Wildman–Crippen LogP) is 1.61. The minimum atomic E-state index is -3.76. The summed E-state index contributed by atoms with van der Waals surface area (Å²) in [5.41, 5.74) is 0.926. The quantitative estimate of drug-likeness (QED) is 0.562. The number of nitrogens with one attached hydrogen (secondary N) is 2. The van der Waals surface area contributed by atoms with Gasteiger partial charge >= 0.3 is 0 Å². The molecule has 1 fully saturated rings. The molecule has 33 heavy (non-hydrogen) atoms. The molecule has 1 atom stereocenters. The van der Waals surface area contributed by atoms with Crippen molar-refractivity contribution < 1.29 is 18.0 Å². The fourth-order valence-electron chi connectivity index (χ4n) is 3.83. The maximum atomic E-state index is 13.2. The number of aromatic nitrogens is 4. The number of piperidine rings is 1. The Kier molecular flexibility index (Phi) is 7.90. The van der Waals surface area contributed by atoms with Crippen molar-refractivity contribution in [3.8, 4) is 0 Å². The monoisotopic (exact) mass is 479 g/mol. The molecule has 1 saturated heterocycles. The van der Waals surface area contributed by atoms with Crippen LogP contribution >= 0.6 is 0 Å². The lowest BCUT2D eigenvalue weighted by molar-refractivity contribution is -0.120. The fraction of sp³-hybridized carbons (Fsp3) is 0.619. The van der Waals surface area contributed by atoms with E-state index in [0.717, 1.165) is 6.42 Å². The molecule has 0 spiro atoms. The molecule has 1 aliphatic rings. The van der Waals surface area contributed by atoms with Crippen LogP contribution in [0, 0.1) is 12.8 Å². The predicted molar refractivity (Wildman–Crippen MR) is 123 cm³/mol. The first-order valence-electron chi connectivity index (χ1n) is 11.4. The molecule has 2 aromatic heterocycles. The Morgan fingerprint density at radius 2 is 1.82 bits per heavy atom. The number of hydrogen-bond donors (Lipinski definition) is 2. The standard InChI is InChI=1S/C21H33N7O4S/c1-5-10-22-21(30)19-17(13-26(6-2)25-19)23-20(29)16-9-8-11-28(12-16)33(31,32)18-14-27(7-3)24-15(18)4/h13-14,16H,5-12H2,1-4H3,(H,22,30)(H,23,29)/t16-/m0/s1. The molecular weight excluding hydrogens is 446 g/mol. The molecule has 0 radical (unpaired) electrons. The summed E-state index contributed by atoms with van der Waals surface area (Å²) in [5.74, 6) is -1.21. The normalized spacial score (nSPS) is 17.2. The number of rotatable bonds is 9. The molecule has 0 unspecified atom stereocenters. The topological polar surface area (TPSA) is 131 Å². The second-order valence-corrected chi connectivity index (χ2v) is 10.0. The van der Waals surface area contributed by atoms with Crippen LogP contribution in [0.15, 0.2) is 17.3 Å². The third-order valence-electron chi connectivity index (χ3n) is 5.69. The third-order valence-corrected chi connectivity index (χ3v) is 7.66. The summed E-state index contributed by atoms with van der Waals surface area (Å²) in [6.45, 7) is 9.45. The van der Waals surface area contributed by atoms with Gasteiger partial charge in [0, 0.05) is 45.1 Å². The Hall–Kier alpha value is -2.73. The van der Waals surface area contributed by atoms with Crippen molar-refractivity contribution in [3.05, 3.63) is 23.8 Å². The highest BCUT2D eigenvalue weighted by Gasteiger charge is 2.35. The maximum Gasteiger partial charge on any atom is 0.273 e. The lowest BCUT2D eigenvalue weighted by Crippen LogP contribution is -2.43. The van der Waals surface area contributed by atoms with Crippen LogP contribution < -0.4 is 10.6 Å². The highest BCUT2D eigenvalue weighted by Crippen LogP contribution is 2.26. The molecule has 12 heteroatoms.